The highest BCUT2D eigenvalue weighted by Gasteiger charge is 2.13. The van der Waals surface area contributed by atoms with Gasteiger partial charge in [0.1, 0.15) is 5.75 Å². The fourth-order valence-corrected chi connectivity index (χ4v) is 1.41. The molecule has 1 aromatic carbocycles. The van der Waals surface area contributed by atoms with Crippen molar-refractivity contribution in [2.75, 3.05) is 18.2 Å². The van der Waals surface area contributed by atoms with Crippen LogP contribution in [-0.2, 0) is 0 Å². The summed E-state index contributed by atoms with van der Waals surface area (Å²) in [5.41, 5.74) is 6.49. The number of rotatable bonds is 3. The Balaban J connectivity index is 2.26. The molecule has 0 aliphatic rings. The van der Waals surface area contributed by atoms with Crippen molar-refractivity contribution in [2.45, 2.75) is 0 Å². The number of amides is 1. The molecule has 0 aliphatic heterocycles. The molecule has 1 amide bonds. The molecule has 1 heterocycles. The van der Waals surface area contributed by atoms with Gasteiger partial charge in [-0.25, -0.2) is 4.98 Å². The van der Waals surface area contributed by atoms with Gasteiger partial charge in [0.05, 0.1) is 12.7 Å². The van der Waals surface area contributed by atoms with Gasteiger partial charge in [0, 0.05) is 18.1 Å². The molecule has 4 N–H and O–H groups in total. The summed E-state index contributed by atoms with van der Waals surface area (Å²) >= 11 is 0. The topological polar surface area (TPSA) is 93.0 Å². The summed E-state index contributed by atoms with van der Waals surface area (Å²) in [5, 5.41) is 2.60. The summed E-state index contributed by atoms with van der Waals surface area (Å²) in [6, 6.07) is 4.87. The fraction of sp³-hybridized carbons (Fsp3) is 0.0909. The Morgan fingerprint density at radius 2 is 2.35 bits per heavy atom. The van der Waals surface area contributed by atoms with Crippen molar-refractivity contribution < 1.29 is 9.53 Å². The number of nitrogen functional groups attached to an aromatic ring is 1. The second kappa shape index (κ2) is 4.56. The van der Waals surface area contributed by atoms with Crippen LogP contribution in [0.25, 0.3) is 0 Å². The third-order valence-corrected chi connectivity index (χ3v) is 2.20. The van der Waals surface area contributed by atoms with Crippen molar-refractivity contribution in [2.24, 2.45) is 0 Å². The Labute approximate surface area is 97.8 Å². The fourth-order valence-electron chi connectivity index (χ4n) is 1.41. The third kappa shape index (κ3) is 2.36. The Morgan fingerprint density at radius 3 is 3.00 bits per heavy atom. The Morgan fingerprint density at radius 1 is 1.53 bits per heavy atom. The number of aromatic nitrogens is 2. The van der Waals surface area contributed by atoms with Crippen LogP contribution < -0.4 is 15.8 Å². The van der Waals surface area contributed by atoms with Gasteiger partial charge in [-0.1, -0.05) is 0 Å². The zero-order chi connectivity index (χ0) is 12.3. The van der Waals surface area contributed by atoms with Gasteiger partial charge in [0.15, 0.2) is 0 Å². The lowest BCUT2D eigenvalue weighted by atomic mass is 10.1. The van der Waals surface area contributed by atoms with Crippen molar-refractivity contribution in [1.29, 1.82) is 0 Å². The predicted octanol–water partition coefficient (Wildman–Crippen LogP) is 1.25. The molecule has 0 bridgehead atoms. The van der Waals surface area contributed by atoms with Gasteiger partial charge in [0.25, 0.3) is 5.91 Å². The number of benzene rings is 1. The van der Waals surface area contributed by atoms with Crippen LogP contribution in [0.4, 0.5) is 11.6 Å². The van der Waals surface area contributed by atoms with E-state index in [1.165, 1.54) is 7.11 Å². The maximum atomic E-state index is 11.9. The molecule has 17 heavy (non-hydrogen) atoms. The van der Waals surface area contributed by atoms with Gasteiger partial charge >= 0.3 is 0 Å². The summed E-state index contributed by atoms with van der Waals surface area (Å²) in [5.74, 6) is 0.506. The van der Waals surface area contributed by atoms with Gasteiger partial charge in [-0.2, -0.15) is 0 Å². The van der Waals surface area contributed by atoms with E-state index >= 15 is 0 Å². The minimum Gasteiger partial charge on any atom is -0.496 e. The summed E-state index contributed by atoms with van der Waals surface area (Å²) < 4.78 is 5.09. The number of hydrogen-bond acceptors (Lipinski definition) is 4. The van der Waals surface area contributed by atoms with Crippen LogP contribution >= 0.6 is 0 Å². The second-order valence-corrected chi connectivity index (χ2v) is 3.35. The highest BCUT2D eigenvalue weighted by molar-refractivity contribution is 6.05. The standard InChI is InChI=1S/C11H12N4O2/c1-17-9-3-2-7(12)6-8(9)10(16)15-11-13-4-5-14-11/h2-6H,12H2,1H3,(H2,13,14,15,16). The second-order valence-electron chi connectivity index (χ2n) is 3.35. The molecule has 0 saturated carbocycles. The van der Waals surface area contributed by atoms with E-state index in [0.29, 0.717) is 22.9 Å². The van der Waals surface area contributed by atoms with E-state index in [9.17, 15) is 4.79 Å². The number of imidazole rings is 1. The number of nitrogens with zero attached hydrogens (tertiary/aromatic N) is 1. The first-order valence-corrected chi connectivity index (χ1v) is 4.95. The number of hydrogen-bond donors (Lipinski definition) is 3. The van der Waals surface area contributed by atoms with Gasteiger partial charge < -0.3 is 15.5 Å². The van der Waals surface area contributed by atoms with Gasteiger partial charge in [-0.3, -0.25) is 10.1 Å². The van der Waals surface area contributed by atoms with E-state index in [4.69, 9.17) is 10.5 Å². The zero-order valence-electron chi connectivity index (χ0n) is 9.23. The van der Waals surface area contributed by atoms with Crippen molar-refractivity contribution >= 4 is 17.5 Å². The first-order chi connectivity index (χ1) is 8.20. The molecule has 0 aliphatic carbocycles. The molecule has 6 heteroatoms. The molecule has 6 nitrogen and oxygen atoms in total. The SMILES string of the molecule is COc1ccc(N)cc1C(=O)Nc1ncc[nH]1. The minimum absolute atomic E-state index is 0.330. The van der Waals surface area contributed by atoms with Gasteiger partial charge in [0.2, 0.25) is 5.95 Å². The summed E-state index contributed by atoms with van der Waals surface area (Å²) in [4.78, 5) is 18.6. The van der Waals surface area contributed by atoms with Crippen LogP contribution in [0.15, 0.2) is 30.6 Å². The number of carbonyl (C=O) groups is 1. The van der Waals surface area contributed by atoms with Crippen LogP contribution in [0.1, 0.15) is 10.4 Å². The van der Waals surface area contributed by atoms with Crippen LogP contribution in [0.5, 0.6) is 5.75 Å². The molecule has 88 valence electrons. The van der Waals surface area contributed by atoms with E-state index < -0.39 is 0 Å². The first-order valence-electron chi connectivity index (χ1n) is 4.95. The van der Waals surface area contributed by atoms with Crippen LogP contribution in [0.3, 0.4) is 0 Å². The molecule has 1 aromatic heterocycles. The largest absolute Gasteiger partial charge is 0.496 e. The molecule has 0 radical (unpaired) electrons. The number of methoxy groups -OCH3 is 1. The average molecular weight is 232 g/mol. The molecular formula is C11H12N4O2. The molecule has 0 spiro atoms. The lowest BCUT2D eigenvalue weighted by Crippen LogP contribution is -2.14. The summed E-state index contributed by atoms with van der Waals surface area (Å²) in [6.07, 6.45) is 3.17. The van der Waals surface area contributed by atoms with E-state index in [1.54, 1.807) is 30.6 Å². The Kier molecular flexibility index (Phi) is 2.95. The Hall–Kier alpha value is -2.50. The number of anilines is 2. The molecule has 2 rings (SSSR count). The molecule has 0 unspecified atom stereocenters. The maximum Gasteiger partial charge on any atom is 0.261 e. The van der Waals surface area contributed by atoms with Crippen LogP contribution in [0, 0.1) is 0 Å². The summed E-state index contributed by atoms with van der Waals surface area (Å²) in [7, 11) is 1.50. The maximum absolute atomic E-state index is 11.9. The van der Waals surface area contributed by atoms with Crippen molar-refractivity contribution in [3.8, 4) is 5.75 Å². The van der Waals surface area contributed by atoms with E-state index in [0.717, 1.165) is 0 Å². The van der Waals surface area contributed by atoms with Gasteiger partial charge in [-0.05, 0) is 18.2 Å². The predicted molar refractivity (Wildman–Crippen MR) is 63.9 cm³/mol. The highest BCUT2D eigenvalue weighted by Crippen LogP contribution is 2.21. The number of carbonyl (C=O) groups excluding carboxylic acids is 1. The molecule has 0 fully saturated rings. The smallest absolute Gasteiger partial charge is 0.261 e. The number of H-pyrrole nitrogens is 1. The third-order valence-electron chi connectivity index (χ3n) is 2.20. The van der Waals surface area contributed by atoms with E-state index in [2.05, 4.69) is 15.3 Å². The monoisotopic (exact) mass is 232 g/mol. The minimum atomic E-state index is -0.330. The van der Waals surface area contributed by atoms with E-state index in [1.807, 2.05) is 0 Å². The number of nitrogens with one attached hydrogen (secondary N) is 2. The molecular weight excluding hydrogens is 220 g/mol. The number of nitrogens with two attached hydrogens (primary N) is 1. The highest BCUT2D eigenvalue weighted by atomic mass is 16.5. The van der Waals surface area contributed by atoms with Gasteiger partial charge in [-0.15, -0.1) is 0 Å². The van der Waals surface area contributed by atoms with Crippen molar-refractivity contribution in [1.82, 2.24) is 9.97 Å². The van der Waals surface area contributed by atoms with Crippen molar-refractivity contribution in [3.63, 3.8) is 0 Å². The Bertz CT molecular complexity index is 522. The number of ether oxygens (including phenoxy) is 1. The lowest BCUT2D eigenvalue weighted by Gasteiger charge is -2.08. The molecule has 2 aromatic rings. The van der Waals surface area contributed by atoms with E-state index in [-0.39, 0.29) is 5.91 Å². The average Bonchev–Trinajstić information content (AvgIpc) is 2.81. The van der Waals surface area contributed by atoms with Crippen molar-refractivity contribution in [3.05, 3.63) is 36.2 Å². The summed E-state index contributed by atoms with van der Waals surface area (Å²) in [6.45, 7) is 0. The molecule has 0 saturated heterocycles. The first kappa shape index (κ1) is 11.0. The zero-order valence-corrected chi connectivity index (χ0v) is 9.23. The lowest BCUT2D eigenvalue weighted by molar-refractivity contribution is 0.102. The molecule has 0 atom stereocenters. The van der Waals surface area contributed by atoms with Crippen LogP contribution in [0.2, 0.25) is 0 Å². The van der Waals surface area contributed by atoms with Crippen LogP contribution in [-0.4, -0.2) is 23.0 Å². The normalized spacial score (nSPS) is 9.94. The quantitative estimate of drug-likeness (QED) is 0.694. The number of aromatic amines is 1.